The predicted octanol–water partition coefficient (Wildman–Crippen LogP) is 4.69. The highest BCUT2D eigenvalue weighted by Crippen LogP contribution is 2.61. The molecule has 0 saturated heterocycles. The van der Waals surface area contributed by atoms with Gasteiger partial charge in [-0.1, -0.05) is 26.0 Å². The smallest absolute Gasteiger partial charge is 0.338 e. The summed E-state index contributed by atoms with van der Waals surface area (Å²) in [6, 6.07) is 7.58. The fraction of sp³-hybridized carbons (Fsp3) is 0.667. The van der Waals surface area contributed by atoms with E-state index in [0.717, 1.165) is 17.8 Å². The summed E-state index contributed by atoms with van der Waals surface area (Å²) in [4.78, 5) is 24.7. The van der Waals surface area contributed by atoms with E-state index in [0.29, 0.717) is 11.5 Å². The number of esters is 1. The topological polar surface area (TPSA) is 55.4 Å². The SMILES string of the molecule is CC(C)c1ccc(C(=O)OCC(=O)N[C@@H](C)C23CC4CC(CC(C4)C2)C3)cc1. The number of ether oxygens (including phenoxy) is 1. The van der Waals surface area contributed by atoms with Gasteiger partial charge < -0.3 is 10.1 Å². The van der Waals surface area contributed by atoms with E-state index in [1.165, 1.54) is 44.1 Å². The van der Waals surface area contributed by atoms with Gasteiger partial charge in [0, 0.05) is 6.04 Å². The molecule has 0 aliphatic heterocycles. The fourth-order valence-corrected chi connectivity index (χ4v) is 6.36. The molecule has 4 nitrogen and oxygen atoms in total. The van der Waals surface area contributed by atoms with E-state index < -0.39 is 5.97 Å². The minimum Gasteiger partial charge on any atom is -0.452 e. The summed E-state index contributed by atoms with van der Waals surface area (Å²) in [6.07, 6.45) is 7.95. The maximum Gasteiger partial charge on any atom is 0.338 e. The number of rotatable bonds is 6. The van der Waals surface area contributed by atoms with Crippen molar-refractivity contribution in [2.75, 3.05) is 6.61 Å². The van der Waals surface area contributed by atoms with Crippen molar-refractivity contribution in [1.29, 1.82) is 0 Å². The van der Waals surface area contributed by atoms with E-state index >= 15 is 0 Å². The molecular formula is C24H33NO3. The van der Waals surface area contributed by atoms with Crippen LogP contribution in [0.15, 0.2) is 24.3 Å². The van der Waals surface area contributed by atoms with Gasteiger partial charge in [0.05, 0.1) is 5.56 Å². The van der Waals surface area contributed by atoms with Crippen molar-refractivity contribution in [3.8, 4) is 0 Å². The molecule has 1 N–H and O–H groups in total. The van der Waals surface area contributed by atoms with Gasteiger partial charge in [-0.15, -0.1) is 0 Å². The number of hydrogen-bond acceptors (Lipinski definition) is 3. The molecule has 4 fully saturated rings. The summed E-state index contributed by atoms with van der Waals surface area (Å²) in [6.45, 7) is 6.17. The molecule has 152 valence electrons. The van der Waals surface area contributed by atoms with Crippen LogP contribution in [0, 0.1) is 23.2 Å². The van der Waals surface area contributed by atoms with Crippen LogP contribution in [-0.2, 0) is 9.53 Å². The Hall–Kier alpha value is -1.84. The zero-order chi connectivity index (χ0) is 19.9. The molecule has 0 heterocycles. The van der Waals surface area contributed by atoms with Crippen LogP contribution in [0.5, 0.6) is 0 Å². The van der Waals surface area contributed by atoms with E-state index in [-0.39, 0.29) is 24.0 Å². The van der Waals surface area contributed by atoms with Crippen LogP contribution < -0.4 is 5.32 Å². The third kappa shape index (κ3) is 3.83. The van der Waals surface area contributed by atoms with Crippen molar-refractivity contribution in [3.05, 3.63) is 35.4 Å². The first kappa shape index (κ1) is 19.5. The van der Waals surface area contributed by atoms with Crippen molar-refractivity contribution < 1.29 is 14.3 Å². The van der Waals surface area contributed by atoms with Gasteiger partial charge in [-0.2, -0.15) is 0 Å². The van der Waals surface area contributed by atoms with Crippen LogP contribution in [0.25, 0.3) is 0 Å². The third-order valence-electron chi connectivity index (χ3n) is 7.53. The Morgan fingerprint density at radius 3 is 2.04 bits per heavy atom. The van der Waals surface area contributed by atoms with E-state index in [2.05, 4.69) is 26.1 Å². The lowest BCUT2D eigenvalue weighted by molar-refractivity contribution is -0.128. The number of hydrogen-bond donors (Lipinski definition) is 1. The molecule has 28 heavy (non-hydrogen) atoms. The summed E-state index contributed by atoms with van der Waals surface area (Å²) < 4.78 is 5.26. The van der Waals surface area contributed by atoms with Gasteiger partial charge in [-0.05, 0) is 92.2 Å². The minimum absolute atomic E-state index is 0.150. The van der Waals surface area contributed by atoms with Gasteiger partial charge in [0.1, 0.15) is 0 Å². The lowest BCUT2D eigenvalue weighted by Gasteiger charge is -2.59. The maximum atomic E-state index is 12.4. The number of carbonyl (C=O) groups is 2. The zero-order valence-electron chi connectivity index (χ0n) is 17.4. The average Bonchev–Trinajstić information content (AvgIpc) is 2.65. The second-order valence-corrected chi connectivity index (χ2v) is 9.92. The molecule has 4 aliphatic rings. The summed E-state index contributed by atoms with van der Waals surface area (Å²) in [7, 11) is 0. The first-order chi connectivity index (χ1) is 13.3. The highest BCUT2D eigenvalue weighted by atomic mass is 16.5. The zero-order valence-corrected chi connectivity index (χ0v) is 17.4. The van der Waals surface area contributed by atoms with Crippen LogP contribution >= 0.6 is 0 Å². The second-order valence-electron chi connectivity index (χ2n) is 9.92. The summed E-state index contributed by atoms with van der Waals surface area (Å²) in [5, 5.41) is 3.15. The molecule has 4 bridgehead atoms. The van der Waals surface area contributed by atoms with Crippen molar-refractivity contribution in [2.24, 2.45) is 23.2 Å². The number of benzene rings is 1. The quantitative estimate of drug-likeness (QED) is 0.725. The average molecular weight is 384 g/mol. The van der Waals surface area contributed by atoms with Gasteiger partial charge in [-0.3, -0.25) is 4.79 Å². The summed E-state index contributed by atoms with van der Waals surface area (Å²) in [5.74, 6) is 2.37. The molecule has 5 rings (SSSR count). The van der Waals surface area contributed by atoms with Gasteiger partial charge in [0.15, 0.2) is 6.61 Å². The van der Waals surface area contributed by atoms with Gasteiger partial charge in [0.2, 0.25) is 0 Å². The Bertz CT molecular complexity index is 701. The number of nitrogens with one attached hydrogen (secondary N) is 1. The van der Waals surface area contributed by atoms with Crippen molar-refractivity contribution in [1.82, 2.24) is 5.32 Å². The van der Waals surface area contributed by atoms with E-state index in [4.69, 9.17) is 4.74 Å². The molecular weight excluding hydrogens is 350 g/mol. The Kier molecular flexibility index (Phi) is 5.24. The Morgan fingerprint density at radius 1 is 1.00 bits per heavy atom. The molecule has 4 saturated carbocycles. The normalized spacial score (nSPS) is 31.6. The van der Waals surface area contributed by atoms with Gasteiger partial charge in [0.25, 0.3) is 5.91 Å². The molecule has 0 spiro atoms. The van der Waals surface area contributed by atoms with E-state index in [1.807, 2.05) is 12.1 Å². The van der Waals surface area contributed by atoms with Gasteiger partial charge >= 0.3 is 5.97 Å². The molecule has 0 unspecified atom stereocenters. The van der Waals surface area contributed by atoms with Crippen molar-refractivity contribution in [3.63, 3.8) is 0 Å². The predicted molar refractivity (Wildman–Crippen MR) is 109 cm³/mol. The minimum atomic E-state index is -0.437. The monoisotopic (exact) mass is 383 g/mol. The molecule has 4 aliphatic carbocycles. The lowest BCUT2D eigenvalue weighted by atomic mass is 9.48. The molecule has 0 radical (unpaired) electrons. The number of carbonyl (C=O) groups excluding carboxylic acids is 2. The lowest BCUT2D eigenvalue weighted by Crippen LogP contribution is -2.56. The fourth-order valence-electron chi connectivity index (χ4n) is 6.36. The van der Waals surface area contributed by atoms with Crippen LogP contribution in [0.2, 0.25) is 0 Å². The molecule has 1 atom stereocenters. The number of amides is 1. The van der Waals surface area contributed by atoms with Crippen LogP contribution in [0.3, 0.4) is 0 Å². The Balaban J connectivity index is 1.29. The van der Waals surface area contributed by atoms with Crippen LogP contribution in [-0.4, -0.2) is 24.5 Å². The third-order valence-corrected chi connectivity index (χ3v) is 7.53. The molecule has 0 aromatic heterocycles. The molecule has 4 heteroatoms. The Labute approximate surface area is 168 Å². The first-order valence-corrected chi connectivity index (χ1v) is 10.9. The van der Waals surface area contributed by atoms with Crippen LogP contribution in [0.4, 0.5) is 0 Å². The van der Waals surface area contributed by atoms with Crippen molar-refractivity contribution >= 4 is 11.9 Å². The maximum absolute atomic E-state index is 12.4. The molecule has 1 amide bonds. The van der Waals surface area contributed by atoms with E-state index in [1.54, 1.807) is 12.1 Å². The summed E-state index contributed by atoms with van der Waals surface area (Å²) >= 11 is 0. The molecule has 1 aromatic rings. The molecule has 1 aromatic carbocycles. The van der Waals surface area contributed by atoms with E-state index in [9.17, 15) is 9.59 Å². The standard InChI is InChI=1S/C24H33NO3/c1-15(2)20-4-6-21(7-5-20)23(27)28-14-22(26)25-16(3)24-11-17-8-18(12-24)10-19(9-17)13-24/h4-7,15-19H,8-14H2,1-3H3,(H,25,26)/t16-,17?,18?,19?,24?/m0/s1. The Morgan fingerprint density at radius 2 is 1.54 bits per heavy atom. The van der Waals surface area contributed by atoms with Crippen molar-refractivity contribution in [2.45, 2.75) is 71.3 Å². The largest absolute Gasteiger partial charge is 0.452 e. The summed E-state index contributed by atoms with van der Waals surface area (Å²) in [5.41, 5.74) is 1.94. The van der Waals surface area contributed by atoms with Gasteiger partial charge in [-0.25, -0.2) is 4.79 Å². The van der Waals surface area contributed by atoms with Crippen LogP contribution in [0.1, 0.15) is 81.1 Å². The second kappa shape index (κ2) is 7.53. The highest BCUT2D eigenvalue weighted by Gasteiger charge is 2.53. The first-order valence-electron chi connectivity index (χ1n) is 10.9. The highest BCUT2D eigenvalue weighted by molar-refractivity contribution is 5.91.